The second-order valence-corrected chi connectivity index (χ2v) is 4.30. The summed E-state index contributed by atoms with van der Waals surface area (Å²) in [6.07, 6.45) is 3.84. The van der Waals surface area contributed by atoms with Gasteiger partial charge < -0.3 is 9.40 Å². The standard InChI is InChI=1S/C13H16N4O/c1-3-5-9-6-7-11(18-9)12-15-10-8-14-17(4-2)13(10)16-12/h6-8H,3-5H2,1-2H3,(H,15,16). The van der Waals surface area contributed by atoms with Crippen LogP contribution in [0.5, 0.6) is 0 Å². The summed E-state index contributed by atoms with van der Waals surface area (Å²) >= 11 is 0. The lowest BCUT2D eigenvalue weighted by molar-refractivity contribution is 0.516. The van der Waals surface area contributed by atoms with Crippen molar-refractivity contribution in [2.24, 2.45) is 0 Å². The number of hydrogen-bond donors (Lipinski definition) is 1. The molecule has 94 valence electrons. The minimum absolute atomic E-state index is 0.770. The number of nitrogens with one attached hydrogen (secondary N) is 1. The summed E-state index contributed by atoms with van der Waals surface area (Å²) in [5.74, 6) is 2.56. The van der Waals surface area contributed by atoms with Crippen molar-refractivity contribution in [2.45, 2.75) is 33.2 Å². The Hall–Kier alpha value is -2.04. The molecule has 3 aromatic heterocycles. The number of H-pyrrole nitrogens is 1. The number of imidazole rings is 1. The predicted octanol–water partition coefficient (Wildman–Crippen LogP) is 2.99. The highest BCUT2D eigenvalue weighted by molar-refractivity contribution is 5.74. The van der Waals surface area contributed by atoms with Crippen molar-refractivity contribution in [1.82, 2.24) is 19.7 Å². The minimum Gasteiger partial charge on any atom is -0.458 e. The Labute approximate surface area is 105 Å². The van der Waals surface area contributed by atoms with Crippen LogP contribution in [0.3, 0.4) is 0 Å². The van der Waals surface area contributed by atoms with Crippen LogP contribution in [0.25, 0.3) is 22.7 Å². The molecule has 0 aliphatic heterocycles. The molecule has 0 atom stereocenters. The second kappa shape index (κ2) is 4.33. The summed E-state index contributed by atoms with van der Waals surface area (Å²) in [5.41, 5.74) is 1.82. The maximum absolute atomic E-state index is 5.76. The average molecular weight is 244 g/mol. The van der Waals surface area contributed by atoms with Gasteiger partial charge in [0.05, 0.1) is 6.20 Å². The Morgan fingerprint density at radius 2 is 2.22 bits per heavy atom. The maximum Gasteiger partial charge on any atom is 0.176 e. The van der Waals surface area contributed by atoms with Crippen LogP contribution in [0, 0.1) is 0 Å². The van der Waals surface area contributed by atoms with Crippen LogP contribution in [0.1, 0.15) is 26.0 Å². The molecule has 5 nitrogen and oxygen atoms in total. The third-order valence-corrected chi connectivity index (χ3v) is 2.97. The number of rotatable bonds is 4. The molecule has 0 radical (unpaired) electrons. The van der Waals surface area contributed by atoms with Gasteiger partial charge in [-0.15, -0.1) is 0 Å². The molecule has 0 aliphatic carbocycles. The molecule has 0 amide bonds. The highest BCUT2D eigenvalue weighted by Crippen LogP contribution is 2.23. The highest BCUT2D eigenvalue weighted by Gasteiger charge is 2.12. The Bertz CT molecular complexity index is 661. The van der Waals surface area contributed by atoms with Gasteiger partial charge in [-0.1, -0.05) is 6.92 Å². The van der Waals surface area contributed by atoms with Crippen molar-refractivity contribution < 1.29 is 4.42 Å². The molecule has 1 N–H and O–H groups in total. The fraction of sp³-hybridized carbons (Fsp3) is 0.385. The van der Waals surface area contributed by atoms with E-state index in [1.54, 1.807) is 6.20 Å². The molecule has 5 heteroatoms. The summed E-state index contributed by atoms with van der Waals surface area (Å²) in [5, 5.41) is 4.24. The van der Waals surface area contributed by atoms with Crippen molar-refractivity contribution in [2.75, 3.05) is 0 Å². The molecule has 0 saturated carbocycles. The molecule has 0 bridgehead atoms. The fourth-order valence-electron chi connectivity index (χ4n) is 2.08. The maximum atomic E-state index is 5.76. The molecule has 3 rings (SSSR count). The Morgan fingerprint density at radius 1 is 1.33 bits per heavy atom. The first kappa shape index (κ1) is 11.1. The van der Waals surface area contributed by atoms with E-state index < -0.39 is 0 Å². The Kier molecular flexibility index (Phi) is 2.66. The smallest absolute Gasteiger partial charge is 0.176 e. The van der Waals surface area contributed by atoms with E-state index in [1.807, 2.05) is 23.7 Å². The molecule has 18 heavy (non-hydrogen) atoms. The lowest BCUT2D eigenvalue weighted by Gasteiger charge is -1.93. The van der Waals surface area contributed by atoms with Gasteiger partial charge in [-0.2, -0.15) is 5.10 Å². The lowest BCUT2D eigenvalue weighted by atomic mass is 10.3. The van der Waals surface area contributed by atoms with Gasteiger partial charge in [-0.3, -0.25) is 0 Å². The van der Waals surface area contributed by atoms with E-state index in [4.69, 9.17) is 4.42 Å². The monoisotopic (exact) mass is 244 g/mol. The number of aromatic nitrogens is 4. The van der Waals surface area contributed by atoms with Gasteiger partial charge in [0.1, 0.15) is 11.3 Å². The van der Waals surface area contributed by atoms with Gasteiger partial charge in [0.15, 0.2) is 17.2 Å². The van der Waals surface area contributed by atoms with E-state index in [0.717, 1.165) is 47.9 Å². The van der Waals surface area contributed by atoms with Crippen LogP contribution in [0.4, 0.5) is 0 Å². The number of nitrogens with zero attached hydrogens (tertiary/aromatic N) is 3. The van der Waals surface area contributed by atoms with E-state index in [9.17, 15) is 0 Å². The van der Waals surface area contributed by atoms with Crippen molar-refractivity contribution in [3.05, 3.63) is 24.1 Å². The molecule has 0 aliphatic rings. The van der Waals surface area contributed by atoms with E-state index in [0.29, 0.717) is 0 Å². The van der Waals surface area contributed by atoms with E-state index in [2.05, 4.69) is 22.0 Å². The van der Waals surface area contributed by atoms with Gasteiger partial charge >= 0.3 is 0 Å². The second-order valence-electron chi connectivity index (χ2n) is 4.30. The Balaban J connectivity index is 1.99. The summed E-state index contributed by atoms with van der Waals surface area (Å²) in [7, 11) is 0. The number of fused-ring (bicyclic) bond motifs is 1. The molecule has 0 aromatic carbocycles. The largest absolute Gasteiger partial charge is 0.458 e. The van der Waals surface area contributed by atoms with Crippen LogP contribution in [0.2, 0.25) is 0 Å². The van der Waals surface area contributed by atoms with Gasteiger partial charge in [-0.05, 0) is 25.5 Å². The summed E-state index contributed by atoms with van der Waals surface area (Å²) in [6, 6.07) is 3.98. The van der Waals surface area contributed by atoms with Crippen LogP contribution >= 0.6 is 0 Å². The van der Waals surface area contributed by atoms with Crippen molar-refractivity contribution in [1.29, 1.82) is 0 Å². The number of aromatic amines is 1. The molecular weight excluding hydrogens is 228 g/mol. The number of aryl methyl sites for hydroxylation is 2. The quantitative estimate of drug-likeness (QED) is 0.767. The SMILES string of the molecule is CCCc1ccc(-c2nc3c(cnn3CC)[nH]2)o1. The first-order valence-electron chi connectivity index (χ1n) is 6.32. The third kappa shape index (κ3) is 1.72. The average Bonchev–Trinajstić information content (AvgIpc) is 3.01. The number of hydrogen-bond acceptors (Lipinski definition) is 3. The third-order valence-electron chi connectivity index (χ3n) is 2.97. The zero-order valence-corrected chi connectivity index (χ0v) is 10.6. The lowest BCUT2D eigenvalue weighted by Crippen LogP contribution is -1.95. The normalized spacial score (nSPS) is 11.4. The van der Waals surface area contributed by atoms with Crippen LogP contribution in [0.15, 0.2) is 22.7 Å². The fourth-order valence-corrected chi connectivity index (χ4v) is 2.08. The highest BCUT2D eigenvalue weighted by atomic mass is 16.3. The predicted molar refractivity (Wildman–Crippen MR) is 69.2 cm³/mol. The number of furan rings is 1. The molecule has 3 aromatic rings. The Morgan fingerprint density at radius 3 is 3.00 bits per heavy atom. The summed E-state index contributed by atoms with van der Waals surface area (Å²) in [4.78, 5) is 7.77. The molecule has 3 heterocycles. The topological polar surface area (TPSA) is 59.6 Å². The first-order valence-corrected chi connectivity index (χ1v) is 6.32. The van der Waals surface area contributed by atoms with E-state index >= 15 is 0 Å². The first-order chi connectivity index (χ1) is 8.81. The molecular formula is C13H16N4O. The molecule has 0 unspecified atom stereocenters. The minimum atomic E-state index is 0.770. The summed E-state index contributed by atoms with van der Waals surface area (Å²) in [6.45, 7) is 5.00. The summed E-state index contributed by atoms with van der Waals surface area (Å²) < 4.78 is 7.63. The zero-order valence-electron chi connectivity index (χ0n) is 10.6. The van der Waals surface area contributed by atoms with Crippen LogP contribution < -0.4 is 0 Å². The van der Waals surface area contributed by atoms with Gasteiger partial charge in [0.2, 0.25) is 0 Å². The van der Waals surface area contributed by atoms with Gasteiger partial charge in [0.25, 0.3) is 0 Å². The van der Waals surface area contributed by atoms with E-state index in [1.165, 1.54) is 0 Å². The molecule has 0 saturated heterocycles. The molecule has 0 spiro atoms. The van der Waals surface area contributed by atoms with Crippen LogP contribution in [-0.2, 0) is 13.0 Å². The van der Waals surface area contributed by atoms with Gasteiger partial charge in [0, 0.05) is 13.0 Å². The van der Waals surface area contributed by atoms with Crippen molar-refractivity contribution in [3.63, 3.8) is 0 Å². The zero-order chi connectivity index (χ0) is 12.5. The molecule has 0 fully saturated rings. The van der Waals surface area contributed by atoms with Crippen LogP contribution in [-0.4, -0.2) is 19.7 Å². The van der Waals surface area contributed by atoms with Gasteiger partial charge in [-0.25, -0.2) is 9.67 Å². The van der Waals surface area contributed by atoms with Crippen molar-refractivity contribution >= 4 is 11.2 Å². The van der Waals surface area contributed by atoms with E-state index in [-0.39, 0.29) is 0 Å². The van der Waals surface area contributed by atoms with Crippen molar-refractivity contribution in [3.8, 4) is 11.6 Å².